The average Bonchev–Trinajstić information content (AvgIpc) is 3.36. The molecule has 0 aliphatic heterocycles. The number of nitrogens with zero attached hydrogens (tertiary/aromatic N) is 2. The van der Waals surface area contributed by atoms with E-state index in [1.54, 1.807) is 0 Å². The van der Waals surface area contributed by atoms with Gasteiger partial charge in [-0.15, -0.1) is 11.3 Å². The number of unbranched alkanes of at least 4 members (excludes halogenated alkanes) is 1. The van der Waals surface area contributed by atoms with Crippen molar-refractivity contribution in [2.75, 3.05) is 5.75 Å². The van der Waals surface area contributed by atoms with E-state index in [0.717, 1.165) is 36.8 Å². The largest absolute Gasteiger partial charge is 0.476 e. The van der Waals surface area contributed by atoms with E-state index in [4.69, 9.17) is 5.11 Å². The first-order valence-corrected chi connectivity index (χ1v) is 12.5. The van der Waals surface area contributed by atoms with Gasteiger partial charge in [-0.1, -0.05) is 55.8 Å². The van der Waals surface area contributed by atoms with Gasteiger partial charge in [0, 0.05) is 17.1 Å². The van der Waals surface area contributed by atoms with E-state index in [1.807, 2.05) is 24.3 Å². The summed E-state index contributed by atoms with van der Waals surface area (Å²) in [6, 6.07) is 10.2. The smallest absolute Gasteiger partial charge is 0.355 e. The van der Waals surface area contributed by atoms with Crippen LogP contribution in [0, 0.1) is 23.2 Å². The van der Waals surface area contributed by atoms with E-state index < -0.39 is 18.2 Å². The number of carboxylic acids is 1. The van der Waals surface area contributed by atoms with Gasteiger partial charge < -0.3 is 15.3 Å². The number of aliphatic hydroxyl groups is 2. The van der Waals surface area contributed by atoms with E-state index in [0.29, 0.717) is 16.5 Å². The number of nitriles is 1. The van der Waals surface area contributed by atoms with Crippen molar-refractivity contribution in [1.29, 1.82) is 5.26 Å². The Kier molecular flexibility index (Phi) is 8.50. The van der Waals surface area contributed by atoms with Crippen molar-refractivity contribution in [2.24, 2.45) is 11.8 Å². The van der Waals surface area contributed by atoms with Crippen LogP contribution in [0.1, 0.15) is 72.7 Å². The molecule has 1 fully saturated rings. The Labute approximate surface area is 191 Å². The number of hydrogen-bond acceptors (Lipinski definition) is 7. The lowest BCUT2D eigenvalue weighted by Crippen LogP contribution is -2.19. The molecule has 166 valence electrons. The molecule has 3 unspecified atom stereocenters. The van der Waals surface area contributed by atoms with Crippen LogP contribution in [0.15, 0.2) is 34.0 Å². The lowest BCUT2D eigenvalue weighted by Gasteiger charge is -2.24. The zero-order valence-corrected chi connectivity index (χ0v) is 19.1. The number of thioether (sulfide) groups is 1. The summed E-state index contributed by atoms with van der Waals surface area (Å²) in [4.78, 5) is 15.1. The van der Waals surface area contributed by atoms with Crippen LogP contribution < -0.4 is 0 Å². The van der Waals surface area contributed by atoms with E-state index in [9.17, 15) is 20.3 Å². The van der Waals surface area contributed by atoms with Gasteiger partial charge in [-0.25, -0.2) is 9.78 Å². The third-order valence-corrected chi connectivity index (χ3v) is 8.02. The molecule has 6 nitrogen and oxygen atoms in total. The highest BCUT2D eigenvalue weighted by atomic mass is 32.2. The van der Waals surface area contributed by atoms with Crippen LogP contribution >= 0.6 is 23.1 Å². The number of carbonyl (C=O) groups is 1. The second kappa shape index (κ2) is 11.1. The molecule has 5 atom stereocenters. The molecule has 3 N–H and O–H groups in total. The highest BCUT2D eigenvalue weighted by Crippen LogP contribution is 2.46. The summed E-state index contributed by atoms with van der Waals surface area (Å²) in [6.07, 6.45) is 2.88. The number of aromatic nitrogens is 1. The molecule has 0 amide bonds. The minimum Gasteiger partial charge on any atom is -0.476 e. The number of rotatable bonds is 10. The van der Waals surface area contributed by atoms with E-state index >= 15 is 0 Å². The van der Waals surface area contributed by atoms with Crippen molar-refractivity contribution in [2.45, 2.75) is 61.5 Å². The summed E-state index contributed by atoms with van der Waals surface area (Å²) in [5.74, 6) is -0.664. The number of thiazole rings is 1. The standard InChI is InChI=1S/C23H28N2O4S2/c1-2-3-4-19(26)14-5-7-15(8-6-14)21-17(16(12-24)11-20(21)27)9-10-30-23-25-18(13-31-23)22(28)29/h5-8,13,16-17,19-21,26-27H,2-4,9-11H2,1H3,(H,28,29)/t16-,17?,19?,20+,21?/m0/s1. The van der Waals surface area contributed by atoms with Gasteiger partial charge in [0.15, 0.2) is 10.0 Å². The van der Waals surface area contributed by atoms with Gasteiger partial charge in [0.1, 0.15) is 0 Å². The van der Waals surface area contributed by atoms with E-state index in [2.05, 4.69) is 18.0 Å². The van der Waals surface area contributed by atoms with Crippen molar-refractivity contribution in [1.82, 2.24) is 4.98 Å². The molecule has 0 spiro atoms. The van der Waals surface area contributed by atoms with E-state index in [-0.39, 0.29) is 23.4 Å². The summed E-state index contributed by atoms with van der Waals surface area (Å²) in [5.41, 5.74) is 1.93. The maximum Gasteiger partial charge on any atom is 0.355 e. The minimum absolute atomic E-state index is 0.0160. The summed E-state index contributed by atoms with van der Waals surface area (Å²) in [5, 5.41) is 41.2. The van der Waals surface area contributed by atoms with Gasteiger partial charge in [0.2, 0.25) is 0 Å². The van der Waals surface area contributed by atoms with Crippen LogP contribution in [0.5, 0.6) is 0 Å². The van der Waals surface area contributed by atoms with E-state index in [1.165, 1.54) is 28.5 Å². The summed E-state index contributed by atoms with van der Waals surface area (Å²) in [7, 11) is 0. The molecule has 1 aliphatic carbocycles. The molecule has 1 aromatic heterocycles. The molecule has 1 aliphatic rings. The number of aromatic carboxylic acids is 1. The van der Waals surface area contributed by atoms with Crippen LogP contribution in [-0.4, -0.2) is 38.1 Å². The molecule has 1 saturated carbocycles. The van der Waals surface area contributed by atoms with Crippen molar-refractivity contribution in [3.63, 3.8) is 0 Å². The first-order chi connectivity index (χ1) is 14.9. The van der Waals surface area contributed by atoms with Crippen LogP contribution in [0.4, 0.5) is 0 Å². The number of benzene rings is 1. The SMILES string of the molecule is CCCCC(O)c1ccc(C2C(CCSc3nc(C(=O)O)cs3)[C@H](C#N)C[C@H]2O)cc1. The molecule has 31 heavy (non-hydrogen) atoms. The predicted octanol–water partition coefficient (Wildman–Crippen LogP) is 4.85. The number of hydrogen-bond donors (Lipinski definition) is 3. The molecule has 1 heterocycles. The van der Waals surface area contributed by atoms with Gasteiger partial charge in [0.05, 0.1) is 24.2 Å². The van der Waals surface area contributed by atoms with Gasteiger partial charge in [-0.2, -0.15) is 5.26 Å². The molecule has 0 radical (unpaired) electrons. The summed E-state index contributed by atoms with van der Waals surface area (Å²) >= 11 is 2.80. The Bertz CT molecular complexity index is 909. The Hall–Kier alpha value is -1.92. The Morgan fingerprint density at radius 2 is 2.13 bits per heavy atom. The molecule has 8 heteroatoms. The third kappa shape index (κ3) is 5.86. The zero-order valence-electron chi connectivity index (χ0n) is 17.5. The van der Waals surface area contributed by atoms with Gasteiger partial charge in [0.25, 0.3) is 0 Å². The monoisotopic (exact) mass is 460 g/mol. The average molecular weight is 461 g/mol. The lowest BCUT2D eigenvalue weighted by molar-refractivity contribution is 0.0690. The molecular weight excluding hydrogens is 432 g/mol. The Morgan fingerprint density at radius 1 is 1.39 bits per heavy atom. The number of carboxylic acid groups (broad SMARTS) is 1. The van der Waals surface area contributed by atoms with Crippen LogP contribution in [-0.2, 0) is 0 Å². The van der Waals surface area contributed by atoms with Crippen molar-refractivity contribution >= 4 is 29.1 Å². The second-order valence-electron chi connectivity index (χ2n) is 7.99. The molecular formula is C23H28N2O4S2. The maximum atomic E-state index is 11.0. The highest BCUT2D eigenvalue weighted by molar-refractivity contribution is 8.01. The molecule has 0 saturated heterocycles. The van der Waals surface area contributed by atoms with Crippen molar-refractivity contribution < 1.29 is 20.1 Å². The van der Waals surface area contributed by atoms with Crippen molar-refractivity contribution in [3.8, 4) is 6.07 Å². The topological polar surface area (TPSA) is 114 Å². The van der Waals surface area contributed by atoms with Crippen molar-refractivity contribution in [3.05, 3.63) is 46.5 Å². The number of aliphatic hydroxyl groups excluding tert-OH is 2. The molecule has 1 aromatic carbocycles. The fourth-order valence-corrected chi connectivity index (χ4v) is 6.24. The van der Waals surface area contributed by atoms with Gasteiger partial charge in [-0.05, 0) is 36.3 Å². The normalized spacial score (nSPS) is 24.1. The summed E-state index contributed by atoms with van der Waals surface area (Å²) in [6.45, 7) is 2.10. The molecule has 3 rings (SSSR count). The minimum atomic E-state index is -1.03. The fourth-order valence-electron chi connectivity index (χ4n) is 4.32. The van der Waals surface area contributed by atoms with Gasteiger partial charge >= 0.3 is 5.97 Å². The fraction of sp³-hybridized carbons (Fsp3) is 0.522. The van der Waals surface area contributed by atoms with Crippen LogP contribution in [0.25, 0.3) is 0 Å². The summed E-state index contributed by atoms with van der Waals surface area (Å²) < 4.78 is 0.700. The van der Waals surface area contributed by atoms with Crippen LogP contribution in [0.3, 0.4) is 0 Å². The maximum absolute atomic E-state index is 11.0. The Morgan fingerprint density at radius 3 is 2.74 bits per heavy atom. The first kappa shape index (κ1) is 23.7. The van der Waals surface area contributed by atoms with Gasteiger partial charge in [-0.3, -0.25) is 0 Å². The molecule has 0 bridgehead atoms. The zero-order chi connectivity index (χ0) is 22.4. The predicted molar refractivity (Wildman–Crippen MR) is 121 cm³/mol. The Balaban J connectivity index is 1.67. The quantitative estimate of drug-likeness (QED) is 0.434. The second-order valence-corrected chi connectivity index (χ2v) is 10.2. The first-order valence-electron chi connectivity index (χ1n) is 10.6. The van der Waals surface area contributed by atoms with Crippen LogP contribution in [0.2, 0.25) is 0 Å². The molecule has 2 aromatic rings. The highest BCUT2D eigenvalue weighted by Gasteiger charge is 2.43. The lowest BCUT2D eigenvalue weighted by atomic mass is 9.82. The third-order valence-electron chi connectivity index (χ3n) is 5.97.